The third kappa shape index (κ3) is 4.02. The Bertz CT molecular complexity index is 1000. The second kappa shape index (κ2) is 8.43. The third-order valence-electron chi connectivity index (χ3n) is 6.57. The highest BCUT2D eigenvalue weighted by Gasteiger charge is 2.38. The quantitative estimate of drug-likeness (QED) is 0.603. The molecule has 30 heavy (non-hydrogen) atoms. The summed E-state index contributed by atoms with van der Waals surface area (Å²) in [6, 6.07) is 19.1. The molecule has 154 valence electrons. The Labute approximate surface area is 179 Å². The van der Waals surface area contributed by atoms with Gasteiger partial charge in [0.15, 0.2) is 5.78 Å². The van der Waals surface area contributed by atoms with Gasteiger partial charge >= 0.3 is 0 Å². The summed E-state index contributed by atoms with van der Waals surface area (Å²) in [7, 11) is 0. The number of nitrogens with zero attached hydrogens (tertiary/aromatic N) is 1. The van der Waals surface area contributed by atoms with Gasteiger partial charge in [-0.05, 0) is 55.7 Å². The number of hydrogen-bond donors (Lipinski definition) is 0. The summed E-state index contributed by atoms with van der Waals surface area (Å²) in [5.41, 5.74) is 6.32. The van der Waals surface area contributed by atoms with E-state index >= 15 is 0 Å². The van der Waals surface area contributed by atoms with Gasteiger partial charge in [0.05, 0.1) is 0 Å². The zero-order chi connectivity index (χ0) is 21.3. The summed E-state index contributed by atoms with van der Waals surface area (Å²) < 4.78 is 0. The maximum Gasteiger partial charge on any atom is 0.227 e. The zero-order valence-corrected chi connectivity index (χ0v) is 17.9. The molecule has 0 spiro atoms. The van der Waals surface area contributed by atoms with Gasteiger partial charge in [-0.2, -0.15) is 0 Å². The fourth-order valence-corrected chi connectivity index (χ4v) is 4.67. The molecule has 3 nitrogen and oxygen atoms in total. The van der Waals surface area contributed by atoms with Crippen molar-refractivity contribution >= 4 is 11.7 Å². The molecule has 2 atom stereocenters. The molecule has 0 saturated carbocycles. The van der Waals surface area contributed by atoms with Gasteiger partial charge in [-0.15, -0.1) is 0 Å². The molecule has 0 radical (unpaired) electrons. The molecule has 0 aromatic heterocycles. The van der Waals surface area contributed by atoms with Gasteiger partial charge in [0, 0.05) is 30.2 Å². The molecule has 0 bridgehead atoms. The van der Waals surface area contributed by atoms with Crippen molar-refractivity contribution < 1.29 is 9.59 Å². The van der Waals surface area contributed by atoms with E-state index in [0.717, 1.165) is 36.1 Å². The summed E-state index contributed by atoms with van der Waals surface area (Å²) >= 11 is 0. The monoisotopic (exact) mass is 399 g/mol. The first-order valence-electron chi connectivity index (χ1n) is 10.8. The Morgan fingerprint density at radius 2 is 1.67 bits per heavy atom. The van der Waals surface area contributed by atoms with Crippen LogP contribution in [0.3, 0.4) is 0 Å². The van der Waals surface area contributed by atoms with Gasteiger partial charge in [-0.25, -0.2) is 0 Å². The first-order valence-corrected chi connectivity index (χ1v) is 10.8. The first-order chi connectivity index (χ1) is 14.4. The first kappa shape index (κ1) is 20.3. The van der Waals surface area contributed by atoms with E-state index in [2.05, 4.69) is 43.0 Å². The molecular formula is C27H29NO2. The van der Waals surface area contributed by atoms with Crippen LogP contribution in [0.5, 0.6) is 0 Å². The molecule has 3 heteroatoms. The van der Waals surface area contributed by atoms with Crippen LogP contribution in [-0.2, 0) is 16.0 Å². The molecule has 4 rings (SSSR count). The fraction of sp³-hybridized carbons (Fsp3) is 0.333. The second-order valence-corrected chi connectivity index (χ2v) is 8.67. The maximum absolute atomic E-state index is 12.8. The SMILES string of the molecule is C=C(C)C1CC(=O)C(C)=C(N2C(=O)CC[C@H]2Cc2ccc(-c3ccccc3)cc2)C1. The van der Waals surface area contributed by atoms with Crippen LogP contribution in [0.25, 0.3) is 11.1 Å². The van der Waals surface area contributed by atoms with E-state index in [1.807, 2.05) is 36.9 Å². The van der Waals surface area contributed by atoms with Gasteiger partial charge in [0.1, 0.15) is 0 Å². The molecular weight excluding hydrogens is 370 g/mol. The second-order valence-electron chi connectivity index (χ2n) is 8.67. The molecule has 2 aromatic carbocycles. The predicted octanol–water partition coefficient (Wildman–Crippen LogP) is 5.72. The molecule has 1 aliphatic heterocycles. The van der Waals surface area contributed by atoms with Gasteiger partial charge in [-0.3, -0.25) is 9.59 Å². The minimum absolute atomic E-state index is 0.113. The number of ketones is 1. The van der Waals surface area contributed by atoms with E-state index in [9.17, 15) is 9.59 Å². The number of benzene rings is 2. The number of rotatable bonds is 5. The number of carbonyl (C=O) groups excluding carboxylic acids is 2. The van der Waals surface area contributed by atoms with Crippen LogP contribution in [-0.4, -0.2) is 22.6 Å². The lowest BCUT2D eigenvalue weighted by Gasteiger charge is -2.34. The van der Waals surface area contributed by atoms with Gasteiger partial charge < -0.3 is 4.90 Å². The minimum atomic E-state index is 0.113. The Kier molecular flexibility index (Phi) is 5.72. The van der Waals surface area contributed by atoms with Crippen LogP contribution in [0.2, 0.25) is 0 Å². The van der Waals surface area contributed by atoms with Crippen molar-refractivity contribution in [3.63, 3.8) is 0 Å². The van der Waals surface area contributed by atoms with Crippen LogP contribution in [0.4, 0.5) is 0 Å². The topological polar surface area (TPSA) is 37.4 Å². The Hall–Kier alpha value is -2.94. The maximum atomic E-state index is 12.8. The summed E-state index contributed by atoms with van der Waals surface area (Å²) in [6.45, 7) is 7.92. The Morgan fingerprint density at radius 3 is 2.33 bits per heavy atom. The van der Waals surface area contributed by atoms with E-state index in [1.54, 1.807) is 0 Å². The molecule has 1 unspecified atom stereocenters. The average Bonchev–Trinajstić information content (AvgIpc) is 3.11. The van der Waals surface area contributed by atoms with Crippen LogP contribution < -0.4 is 0 Å². The molecule has 2 aromatic rings. The summed E-state index contributed by atoms with van der Waals surface area (Å²) in [5, 5.41) is 0. The lowest BCUT2D eigenvalue weighted by Crippen LogP contribution is -2.37. The average molecular weight is 400 g/mol. The molecule has 1 fully saturated rings. The van der Waals surface area contributed by atoms with E-state index in [4.69, 9.17) is 0 Å². The number of Topliss-reactive ketones (excluding diaryl/α,β-unsaturated/α-hetero) is 1. The summed E-state index contributed by atoms with van der Waals surface area (Å²) in [6.07, 6.45) is 3.45. The highest BCUT2D eigenvalue weighted by atomic mass is 16.2. The highest BCUT2D eigenvalue weighted by Crippen LogP contribution is 2.37. The number of amides is 1. The minimum Gasteiger partial charge on any atom is -0.312 e. The molecule has 0 N–H and O–H groups in total. The molecule has 2 aliphatic rings. The third-order valence-corrected chi connectivity index (χ3v) is 6.57. The van der Waals surface area contributed by atoms with Crippen molar-refractivity contribution in [2.45, 2.75) is 52.0 Å². The van der Waals surface area contributed by atoms with Crippen LogP contribution >= 0.6 is 0 Å². The highest BCUT2D eigenvalue weighted by molar-refractivity contribution is 5.97. The largest absolute Gasteiger partial charge is 0.312 e. The van der Waals surface area contributed by atoms with Crippen molar-refractivity contribution in [2.24, 2.45) is 5.92 Å². The van der Waals surface area contributed by atoms with E-state index < -0.39 is 0 Å². The molecule has 1 heterocycles. The van der Waals surface area contributed by atoms with Crippen LogP contribution in [0.1, 0.15) is 45.1 Å². The van der Waals surface area contributed by atoms with E-state index in [0.29, 0.717) is 12.8 Å². The zero-order valence-electron chi connectivity index (χ0n) is 17.9. The predicted molar refractivity (Wildman–Crippen MR) is 121 cm³/mol. The Morgan fingerprint density at radius 1 is 1.00 bits per heavy atom. The number of allylic oxidation sites excluding steroid dienone is 3. The van der Waals surface area contributed by atoms with E-state index in [-0.39, 0.29) is 23.7 Å². The number of hydrogen-bond acceptors (Lipinski definition) is 2. The van der Waals surface area contributed by atoms with E-state index in [1.165, 1.54) is 16.7 Å². The van der Waals surface area contributed by atoms with Crippen molar-refractivity contribution in [1.29, 1.82) is 0 Å². The van der Waals surface area contributed by atoms with Gasteiger partial charge in [0.25, 0.3) is 0 Å². The normalized spacial score (nSPS) is 22.0. The molecule has 1 saturated heterocycles. The number of likely N-dealkylation sites (tertiary alicyclic amines) is 1. The molecule has 1 aliphatic carbocycles. The van der Waals surface area contributed by atoms with Gasteiger partial charge in [0.2, 0.25) is 5.91 Å². The fourth-order valence-electron chi connectivity index (χ4n) is 4.67. The summed E-state index contributed by atoms with van der Waals surface area (Å²) in [4.78, 5) is 27.3. The number of carbonyl (C=O) groups is 2. The lowest BCUT2D eigenvalue weighted by atomic mass is 9.82. The van der Waals surface area contributed by atoms with Crippen molar-refractivity contribution in [1.82, 2.24) is 4.90 Å². The summed E-state index contributed by atoms with van der Waals surface area (Å²) in [5.74, 6) is 0.427. The van der Waals surface area contributed by atoms with Crippen molar-refractivity contribution in [3.8, 4) is 11.1 Å². The smallest absolute Gasteiger partial charge is 0.227 e. The van der Waals surface area contributed by atoms with Crippen LogP contribution in [0.15, 0.2) is 78.0 Å². The standard InChI is InChI=1S/C27H29NO2/c1-18(2)23-16-25(19(3)26(29)17-23)28-24(13-14-27(28)30)15-20-9-11-22(12-10-20)21-7-5-4-6-8-21/h4-12,23-24H,1,13-17H2,2-3H3/t23?,24-/m0/s1. The molecule has 1 amide bonds. The van der Waals surface area contributed by atoms with Crippen LogP contribution in [0, 0.1) is 5.92 Å². The van der Waals surface area contributed by atoms with Crippen molar-refractivity contribution in [2.75, 3.05) is 0 Å². The Balaban J connectivity index is 1.55. The lowest BCUT2D eigenvalue weighted by molar-refractivity contribution is -0.127. The van der Waals surface area contributed by atoms with Gasteiger partial charge in [-0.1, -0.05) is 66.7 Å². The van der Waals surface area contributed by atoms with Crippen molar-refractivity contribution in [3.05, 3.63) is 83.6 Å².